The Kier molecular flexibility index (Phi) is 5.91. The van der Waals surface area contributed by atoms with E-state index in [2.05, 4.69) is 19.4 Å². The summed E-state index contributed by atoms with van der Waals surface area (Å²) in [6, 6.07) is 2.20. The Hall–Kier alpha value is -2.00. The second kappa shape index (κ2) is 8.83. The van der Waals surface area contributed by atoms with E-state index < -0.39 is 11.7 Å². The van der Waals surface area contributed by atoms with E-state index in [1.165, 1.54) is 44.9 Å². The van der Waals surface area contributed by atoms with E-state index in [4.69, 9.17) is 4.98 Å². The lowest BCUT2D eigenvalue weighted by molar-refractivity contribution is -0.138. The summed E-state index contributed by atoms with van der Waals surface area (Å²) in [7, 11) is 0. The van der Waals surface area contributed by atoms with Crippen molar-refractivity contribution < 1.29 is 17.6 Å². The minimum Gasteiger partial charge on any atom is -0.331 e. The number of imidazole rings is 1. The van der Waals surface area contributed by atoms with E-state index in [-0.39, 0.29) is 12.4 Å². The molecule has 9 heteroatoms. The van der Waals surface area contributed by atoms with Crippen LogP contribution in [0.25, 0.3) is 11.3 Å². The van der Waals surface area contributed by atoms with Crippen molar-refractivity contribution in [1.29, 1.82) is 0 Å². The molecule has 4 aliphatic rings. The van der Waals surface area contributed by atoms with Gasteiger partial charge in [-0.25, -0.2) is 9.37 Å². The molecule has 0 bridgehead atoms. The van der Waals surface area contributed by atoms with Gasteiger partial charge in [0, 0.05) is 74.9 Å². The molecule has 1 saturated heterocycles. The number of aryl methyl sites for hydroxylation is 1. The van der Waals surface area contributed by atoms with Crippen LogP contribution in [0.3, 0.4) is 0 Å². The van der Waals surface area contributed by atoms with Crippen LogP contribution < -0.4 is 0 Å². The molecule has 3 aliphatic carbocycles. The number of rotatable bonds is 7. The van der Waals surface area contributed by atoms with Gasteiger partial charge in [-0.2, -0.15) is 13.2 Å². The second-order valence-corrected chi connectivity index (χ2v) is 11.0. The topological polar surface area (TPSA) is 37.2 Å². The van der Waals surface area contributed by atoms with Crippen LogP contribution in [0.5, 0.6) is 0 Å². The van der Waals surface area contributed by atoms with Gasteiger partial charge in [-0.15, -0.1) is 0 Å². The molecular weight excluding hydrogens is 458 g/mol. The van der Waals surface area contributed by atoms with Crippen molar-refractivity contribution in [2.24, 2.45) is 17.8 Å². The molecule has 4 atom stereocenters. The molecule has 2 aromatic rings. The van der Waals surface area contributed by atoms with Crippen LogP contribution in [-0.4, -0.2) is 69.8 Å². The Labute approximate surface area is 203 Å². The first-order chi connectivity index (χ1) is 16.8. The molecule has 3 saturated carbocycles. The number of piperazine rings is 1. The van der Waals surface area contributed by atoms with Crippen LogP contribution in [0, 0.1) is 24.7 Å². The highest BCUT2D eigenvalue weighted by molar-refractivity contribution is 5.59. The van der Waals surface area contributed by atoms with Crippen LogP contribution in [0.15, 0.2) is 18.5 Å². The number of hydrogen-bond acceptors (Lipinski definition) is 4. The molecule has 2 aromatic heterocycles. The van der Waals surface area contributed by atoms with Gasteiger partial charge < -0.3 is 4.57 Å². The van der Waals surface area contributed by atoms with Crippen LogP contribution >= 0.6 is 0 Å². The molecule has 0 amide bonds. The molecule has 35 heavy (non-hydrogen) atoms. The SMILES string of the molecule is Cc1ncc(-c2cn(C3[C@H]4CC(N5CCN(CCF)CC5)C[C@@H]34)c(CC3CC3)n2)cc1C(F)(F)F. The lowest BCUT2D eigenvalue weighted by Crippen LogP contribution is -2.50. The fourth-order valence-electron chi connectivity index (χ4n) is 6.48. The molecule has 6 rings (SSSR count). The molecule has 4 fully saturated rings. The first kappa shape index (κ1) is 23.4. The van der Waals surface area contributed by atoms with Gasteiger partial charge in [0.1, 0.15) is 12.5 Å². The van der Waals surface area contributed by atoms with E-state index in [9.17, 15) is 17.6 Å². The molecule has 0 N–H and O–H groups in total. The standard InChI is InChI=1S/C26H33F4N5/c1-16-22(26(28,29)30)11-18(14-31-16)23-15-35(24(32-23)10-17-2-3-17)25-20-12-19(13-21(20)25)34-8-6-33(5-4-27)7-9-34/h11,14-15,17,19-21,25H,2-10,12-13H2,1H3/t19?,20-,21+,25?. The largest absolute Gasteiger partial charge is 0.418 e. The van der Waals surface area contributed by atoms with E-state index in [1.54, 1.807) is 0 Å². The summed E-state index contributed by atoms with van der Waals surface area (Å²) in [5, 5.41) is 0. The fraction of sp³-hybridized carbons (Fsp3) is 0.692. The van der Waals surface area contributed by atoms with Gasteiger partial charge in [0.25, 0.3) is 0 Å². The summed E-state index contributed by atoms with van der Waals surface area (Å²) in [6.45, 7) is 5.57. The number of fused-ring (bicyclic) bond motifs is 1. The maximum absolute atomic E-state index is 13.5. The summed E-state index contributed by atoms with van der Waals surface area (Å²) in [4.78, 5) is 13.7. The molecule has 5 nitrogen and oxygen atoms in total. The Bertz CT molecular complexity index is 1060. The summed E-state index contributed by atoms with van der Waals surface area (Å²) in [5.74, 6) is 2.90. The lowest BCUT2D eigenvalue weighted by Gasteiger charge is -2.38. The first-order valence-electron chi connectivity index (χ1n) is 13.0. The normalized spacial score (nSPS) is 29.5. The zero-order valence-electron chi connectivity index (χ0n) is 20.1. The maximum atomic E-state index is 13.5. The van der Waals surface area contributed by atoms with Gasteiger partial charge in [-0.3, -0.25) is 14.8 Å². The zero-order valence-corrected chi connectivity index (χ0v) is 20.1. The van der Waals surface area contributed by atoms with Crippen LogP contribution in [0.2, 0.25) is 0 Å². The average Bonchev–Trinajstić information content (AvgIpc) is 3.67. The van der Waals surface area contributed by atoms with E-state index >= 15 is 0 Å². The molecule has 0 radical (unpaired) electrons. The van der Waals surface area contributed by atoms with Crippen molar-refractivity contribution in [3.05, 3.63) is 35.5 Å². The molecular formula is C26H33F4N5. The van der Waals surface area contributed by atoms with Gasteiger partial charge in [0.05, 0.1) is 11.3 Å². The van der Waals surface area contributed by atoms with Crippen LogP contribution in [0.1, 0.15) is 48.8 Å². The van der Waals surface area contributed by atoms with Gasteiger partial charge in [0.15, 0.2) is 0 Å². The minimum absolute atomic E-state index is 0.00724. The third kappa shape index (κ3) is 4.61. The van der Waals surface area contributed by atoms with Crippen molar-refractivity contribution >= 4 is 0 Å². The Morgan fingerprint density at radius 2 is 1.77 bits per heavy atom. The van der Waals surface area contributed by atoms with Crippen molar-refractivity contribution in [2.75, 3.05) is 39.4 Å². The van der Waals surface area contributed by atoms with E-state index in [1.807, 2.05) is 6.20 Å². The van der Waals surface area contributed by atoms with Gasteiger partial charge in [0.2, 0.25) is 0 Å². The van der Waals surface area contributed by atoms with Crippen LogP contribution in [0.4, 0.5) is 17.6 Å². The second-order valence-electron chi connectivity index (χ2n) is 11.0. The van der Waals surface area contributed by atoms with Gasteiger partial charge in [-0.05, 0) is 56.4 Å². The summed E-state index contributed by atoms with van der Waals surface area (Å²) in [5.41, 5.74) is 0.343. The smallest absolute Gasteiger partial charge is 0.331 e. The molecule has 190 valence electrons. The van der Waals surface area contributed by atoms with Crippen molar-refractivity contribution in [2.45, 2.75) is 57.3 Å². The Balaban J connectivity index is 1.18. The maximum Gasteiger partial charge on any atom is 0.418 e. The summed E-state index contributed by atoms with van der Waals surface area (Å²) >= 11 is 0. The zero-order chi connectivity index (χ0) is 24.3. The van der Waals surface area contributed by atoms with Crippen molar-refractivity contribution in [3.63, 3.8) is 0 Å². The van der Waals surface area contributed by atoms with Crippen LogP contribution in [-0.2, 0) is 12.6 Å². The quantitative estimate of drug-likeness (QED) is 0.524. The van der Waals surface area contributed by atoms with Crippen molar-refractivity contribution in [3.8, 4) is 11.3 Å². The van der Waals surface area contributed by atoms with E-state index in [0.717, 1.165) is 38.4 Å². The number of aromatic nitrogens is 3. The number of halogens is 4. The van der Waals surface area contributed by atoms with E-state index in [0.29, 0.717) is 47.6 Å². The predicted molar refractivity (Wildman–Crippen MR) is 125 cm³/mol. The predicted octanol–water partition coefficient (Wildman–Crippen LogP) is 4.76. The lowest BCUT2D eigenvalue weighted by atomic mass is 10.1. The number of pyridine rings is 1. The van der Waals surface area contributed by atoms with Gasteiger partial charge in [-0.1, -0.05) is 0 Å². The molecule has 3 heterocycles. The average molecular weight is 492 g/mol. The minimum atomic E-state index is -4.42. The fourth-order valence-corrected chi connectivity index (χ4v) is 6.48. The highest BCUT2D eigenvalue weighted by Gasteiger charge is 2.58. The monoisotopic (exact) mass is 491 g/mol. The first-order valence-corrected chi connectivity index (χ1v) is 13.0. The molecule has 1 aliphatic heterocycles. The highest BCUT2D eigenvalue weighted by Crippen LogP contribution is 2.62. The number of alkyl halides is 4. The molecule has 2 unspecified atom stereocenters. The Morgan fingerprint density at radius 3 is 2.40 bits per heavy atom. The highest BCUT2D eigenvalue weighted by atomic mass is 19.4. The third-order valence-corrected chi connectivity index (χ3v) is 8.69. The van der Waals surface area contributed by atoms with Gasteiger partial charge >= 0.3 is 6.18 Å². The Morgan fingerprint density at radius 1 is 1.06 bits per heavy atom. The summed E-state index contributed by atoms with van der Waals surface area (Å²) < 4.78 is 55.3. The third-order valence-electron chi connectivity index (χ3n) is 8.69. The number of hydrogen-bond donors (Lipinski definition) is 0. The number of nitrogens with zero attached hydrogens (tertiary/aromatic N) is 5. The molecule has 0 aromatic carbocycles. The summed E-state index contributed by atoms with van der Waals surface area (Å²) in [6.07, 6.45) is 4.73. The van der Waals surface area contributed by atoms with Crippen molar-refractivity contribution in [1.82, 2.24) is 24.3 Å². The molecule has 0 spiro atoms.